The molecular formula is C14H22N2O4S. The SMILES string of the molecule is CCc1ccc(C(=O)N2CCCC[C@@H]2CNS(C)(=O)=O)o1. The summed E-state index contributed by atoms with van der Waals surface area (Å²) in [6.07, 6.45) is 4.60. The van der Waals surface area contributed by atoms with E-state index >= 15 is 0 Å². The lowest BCUT2D eigenvalue weighted by Gasteiger charge is -2.35. The second kappa shape index (κ2) is 6.62. The minimum Gasteiger partial charge on any atom is -0.456 e. The van der Waals surface area contributed by atoms with Crippen molar-refractivity contribution in [2.24, 2.45) is 0 Å². The van der Waals surface area contributed by atoms with E-state index in [2.05, 4.69) is 4.72 Å². The zero-order valence-electron chi connectivity index (χ0n) is 12.5. The molecule has 1 aromatic rings. The Morgan fingerprint density at radius 1 is 1.43 bits per heavy atom. The third-order valence-electron chi connectivity index (χ3n) is 3.69. The molecule has 7 heteroatoms. The molecule has 0 spiro atoms. The summed E-state index contributed by atoms with van der Waals surface area (Å²) in [6.45, 7) is 2.86. The van der Waals surface area contributed by atoms with Crippen molar-refractivity contribution in [1.29, 1.82) is 0 Å². The first-order chi connectivity index (χ1) is 9.90. The number of carbonyl (C=O) groups excluding carboxylic acids is 1. The highest BCUT2D eigenvalue weighted by Gasteiger charge is 2.29. The Kier molecular flexibility index (Phi) is 5.05. The summed E-state index contributed by atoms with van der Waals surface area (Å²) in [6, 6.07) is 3.38. The molecule has 0 aromatic carbocycles. The fraction of sp³-hybridized carbons (Fsp3) is 0.643. The van der Waals surface area contributed by atoms with Crippen LogP contribution < -0.4 is 4.72 Å². The van der Waals surface area contributed by atoms with Gasteiger partial charge in [-0.1, -0.05) is 6.92 Å². The highest BCUT2D eigenvalue weighted by atomic mass is 32.2. The van der Waals surface area contributed by atoms with Crippen LogP contribution in [-0.4, -0.2) is 44.6 Å². The summed E-state index contributed by atoms with van der Waals surface area (Å²) in [5.41, 5.74) is 0. The Morgan fingerprint density at radius 2 is 2.19 bits per heavy atom. The Hall–Kier alpha value is -1.34. The lowest BCUT2D eigenvalue weighted by atomic mass is 10.0. The fourth-order valence-electron chi connectivity index (χ4n) is 2.55. The summed E-state index contributed by atoms with van der Waals surface area (Å²) >= 11 is 0. The minimum absolute atomic E-state index is 0.115. The van der Waals surface area contributed by atoms with Gasteiger partial charge in [-0.2, -0.15) is 0 Å². The minimum atomic E-state index is -3.25. The van der Waals surface area contributed by atoms with Gasteiger partial charge in [-0.3, -0.25) is 4.79 Å². The van der Waals surface area contributed by atoms with Crippen molar-refractivity contribution in [2.45, 2.75) is 38.6 Å². The molecule has 1 N–H and O–H groups in total. The molecule has 1 aliphatic rings. The van der Waals surface area contributed by atoms with Crippen LogP contribution in [0.15, 0.2) is 16.5 Å². The number of piperidine rings is 1. The molecule has 0 radical (unpaired) electrons. The maximum atomic E-state index is 12.5. The number of likely N-dealkylation sites (tertiary alicyclic amines) is 1. The van der Waals surface area contributed by atoms with Gasteiger partial charge in [0, 0.05) is 25.6 Å². The van der Waals surface area contributed by atoms with Crippen molar-refractivity contribution in [2.75, 3.05) is 19.3 Å². The van der Waals surface area contributed by atoms with Gasteiger partial charge in [-0.15, -0.1) is 0 Å². The predicted octanol–water partition coefficient (Wildman–Crippen LogP) is 1.39. The number of amides is 1. The average molecular weight is 314 g/mol. The molecule has 6 nitrogen and oxygen atoms in total. The molecule has 1 aromatic heterocycles. The number of furan rings is 1. The van der Waals surface area contributed by atoms with Crippen LogP contribution >= 0.6 is 0 Å². The third-order valence-corrected chi connectivity index (χ3v) is 4.38. The summed E-state index contributed by atoms with van der Waals surface area (Å²) in [5, 5.41) is 0. The molecule has 21 heavy (non-hydrogen) atoms. The molecule has 2 heterocycles. The predicted molar refractivity (Wildman–Crippen MR) is 79.6 cm³/mol. The number of nitrogens with one attached hydrogen (secondary N) is 1. The first-order valence-corrected chi connectivity index (χ1v) is 9.14. The second-order valence-corrected chi connectivity index (χ2v) is 7.22. The topological polar surface area (TPSA) is 79.6 Å². The monoisotopic (exact) mass is 314 g/mol. The van der Waals surface area contributed by atoms with E-state index in [0.717, 1.165) is 37.7 Å². The maximum Gasteiger partial charge on any atom is 0.289 e. The van der Waals surface area contributed by atoms with Crippen LogP contribution in [0.4, 0.5) is 0 Å². The zero-order valence-corrected chi connectivity index (χ0v) is 13.3. The summed E-state index contributed by atoms with van der Waals surface area (Å²) in [7, 11) is -3.25. The molecule has 1 saturated heterocycles. The average Bonchev–Trinajstić information content (AvgIpc) is 2.93. The van der Waals surface area contributed by atoms with Gasteiger partial charge in [0.1, 0.15) is 5.76 Å². The Labute approximate surface area is 125 Å². The fourth-order valence-corrected chi connectivity index (χ4v) is 3.05. The molecule has 0 bridgehead atoms. The van der Waals surface area contributed by atoms with Crippen LogP contribution in [0.25, 0.3) is 0 Å². The molecular weight excluding hydrogens is 292 g/mol. The van der Waals surface area contributed by atoms with Crippen molar-refractivity contribution in [3.8, 4) is 0 Å². The van der Waals surface area contributed by atoms with E-state index in [9.17, 15) is 13.2 Å². The molecule has 1 atom stereocenters. The van der Waals surface area contributed by atoms with Crippen LogP contribution in [-0.2, 0) is 16.4 Å². The third kappa shape index (κ3) is 4.31. The number of nitrogens with zero attached hydrogens (tertiary/aromatic N) is 1. The van der Waals surface area contributed by atoms with E-state index in [0.29, 0.717) is 12.3 Å². The first-order valence-electron chi connectivity index (χ1n) is 7.25. The molecule has 0 aliphatic carbocycles. The van der Waals surface area contributed by atoms with Crippen molar-refractivity contribution >= 4 is 15.9 Å². The summed E-state index contributed by atoms with van der Waals surface area (Å²) in [5.74, 6) is 0.953. The molecule has 0 saturated carbocycles. The maximum absolute atomic E-state index is 12.5. The normalized spacial score (nSPS) is 19.7. The van der Waals surface area contributed by atoms with Gasteiger partial charge in [0.05, 0.1) is 6.26 Å². The number of hydrogen-bond donors (Lipinski definition) is 1. The van der Waals surface area contributed by atoms with Crippen molar-refractivity contribution < 1.29 is 17.6 Å². The lowest BCUT2D eigenvalue weighted by molar-refractivity contribution is 0.0584. The summed E-state index contributed by atoms with van der Waals surface area (Å²) in [4.78, 5) is 14.2. The quantitative estimate of drug-likeness (QED) is 0.890. The highest BCUT2D eigenvalue weighted by molar-refractivity contribution is 7.88. The molecule has 0 unspecified atom stereocenters. The van der Waals surface area contributed by atoms with E-state index in [1.807, 2.05) is 6.92 Å². The van der Waals surface area contributed by atoms with E-state index in [4.69, 9.17) is 4.42 Å². The van der Waals surface area contributed by atoms with Gasteiger partial charge < -0.3 is 9.32 Å². The first kappa shape index (κ1) is 16.0. The lowest BCUT2D eigenvalue weighted by Crippen LogP contribution is -2.49. The largest absolute Gasteiger partial charge is 0.456 e. The number of hydrogen-bond acceptors (Lipinski definition) is 4. The van der Waals surface area contributed by atoms with Crippen LogP contribution in [0, 0.1) is 0 Å². The Balaban J connectivity index is 2.08. The van der Waals surface area contributed by atoms with Gasteiger partial charge in [0.25, 0.3) is 5.91 Å². The van der Waals surface area contributed by atoms with E-state index in [1.165, 1.54) is 0 Å². The highest BCUT2D eigenvalue weighted by Crippen LogP contribution is 2.20. The van der Waals surface area contributed by atoms with Crippen LogP contribution in [0.3, 0.4) is 0 Å². The zero-order chi connectivity index (χ0) is 15.5. The van der Waals surface area contributed by atoms with E-state index < -0.39 is 10.0 Å². The van der Waals surface area contributed by atoms with Crippen molar-refractivity contribution in [1.82, 2.24) is 9.62 Å². The molecule has 118 valence electrons. The number of carbonyl (C=O) groups is 1. The van der Waals surface area contributed by atoms with Crippen LogP contribution in [0.1, 0.15) is 42.5 Å². The molecule has 1 amide bonds. The molecule has 1 aliphatic heterocycles. The van der Waals surface area contributed by atoms with Crippen molar-refractivity contribution in [3.05, 3.63) is 23.7 Å². The van der Waals surface area contributed by atoms with Crippen LogP contribution in [0.5, 0.6) is 0 Å². The molecule has 1 fully saturated rings. The van der Waals surface area contributed by atoms with Gasteiger partial charge in [0.15, 0.2) is 5.76 Å². The standard InChI is InChI=1S/C14H22N2O4S/c1-3-12-7-8-13(20-12)14(17)16-9-5-4-6-11(16)10-15-21(2,18)19/h7-8,11,15H,3-6,9-10H2,1-2H3/t11-/m1/s1. The van der Waals surface area contributed by atoms with Gasteiger partial charge in [-0.25, -0.2) is 13.1 Å². The molecule has 2 rings (SSSR count). The van der Waals surface area contributed by atoms with E-state index in [-0.39, 0.29) is 18.5 Å². The van der Waals surface area contributed by atoms with Gasteiger partial charge >= 0.3 is 0 Å². The van der Waals surface area contributed by atoms with E-state index in [1.54, 1.807) is 17.0 Å². The number of sulfonamides is 1. The van der Waals surface area contributed by atoms with Gasteiger partial charge in [-0.05, 0) is 31.4 Å². The second-order valence-electron chi connectivity index (χ2n) is 5.39. The summed E-state index contributed by atoms with van der Waals surface area (Å²) < 4.78 is 30.5. The van der Waals surface area contributed by atoms with Crippen LogP contribution in [0.2, 0.25) is 0 Å². The number of rotatable bonds is 5. The Morgan fingerprint density at radius 3 is 2.81 bits per heavy atom. The smallest absolute Gasteiger partial charge is 0.289 e. The van der Waals surface area contributed by atoms with Crippen molar-refractivity contribution in [3.63, 3.8) is 0 Å². The number of aryl methyl sites for hydroxylation is 1. The van der Waals surface area contributed by atoms with Gasteiger partial charge in [0.2, 0.25) is 10.0 Å². The Bertz CT molecular complexity index is 594.